The molecule has 0 saturated heterocycles. The van der Waals surface area contributed by atoms with Crippen molar-refractivity contribution < 1.29 is 14.9 Å². The number of aliphatic hydroxyl groups is 2. The third-order valence-corrected chi connectivity index (χ3v) is 2.32. The van der Waals surface area contributed by atoms with E-state index in [4.69, 9.17) is 15.6 Å². The number of rotatable bonds is 2. The van der Waals surface area contributed by atoms with Crippen molar-refractivity contribution >= 4 is 0 Å². The Balaban J connectivity index is 2.55. The van der Waals surface area contributed by atoms with Crippen molar-refractivity contribution in [2.45, 2.75) is 24.7 Å². The van der Waals surface area contributed by atoms with Crippen LogP contribution in [0.25, 0.3) is 0 Å². The van der Waals surface area contributed by atoms with Crippen molar-refractivity contribution in [3.63, 3.8) is 0 Å². The minimum atomic E-state index is -0.611. The van der Waals surface area contributed by atoms with Crippen molar-refractivity contribution in [2.24, 2.45) is 11.7 Å². The van der Waals surface area contributed by atoms with Crippen LogP contribution in [0.4, 0.5) is 0 Å². The minimum absolute atomic E-state index is 0.0191. The molecule has 4 heteroatoms. The lowest BCUT2D eigenvalue weighted by atomic mass is 10.1. The molecule has 0 spiro atoms. The summed E-state index contributed by atoms with van der Waals surface area (Å²) in [6.45, 7) is -0.0191. The Kier molecular flexibility index (Phi) is 2.84. The summed E-state index contributed by atoms with van der Waals surface area (Å²) in [6.07, 6.45) is -0.289. The average molecular weight is 161 g/mol. The molecule has 0 aromatic rings. The molecule has 66 valence electrons. The monoisotopic (exact) mass is 161 g/mol. The summed E-state index contributed by atoms with van der Waals surface area (Å²) in [5.41, 5.74) is 5.65. The van der Waals surface area contributed by atoms with E-state index in [2.05, 4.69) is 0 Å². The number of aliphatic hydroxyl groups excluding tert-OH is 2. The van der Waals surface area contributed by atoms with Crippen LogP contribution in [0.15, 0.2) is 0 Å². The largest absolute Gasteiger partial charge is 0.396 e. The smallest absolute Gasteiger partial charge is 0.0984 e. The second kappa shape index (κ2) is 3.49. The van der Waals surface area contributed by atoms with Crippen LogP contribution in [0.2, 0.25) is 0 Å². The summed E-state index contributed by atoms with van der Waals surface area (Å²) in [6, 6.07) is -0.146. The molecule has 0 aromatic carbocycles. The maximum Gasteiger partial charge on any atom is 0.0984 e. The Hall–Kier alpha value is -0.160. The molecular formula is C7H15NO3. The molecule has 1 aliphatic rings. The molecule has 0 radical (unpaired) electrons. The molecule has 0 aliphatic heterocycles. The van der Waals surface area contributed by atoms with Gasteiger partial charge in [-0.15, -0.1) is 0 Å². The maximum atomic E-state index is 9.45. The molecule has 11 heavy (non-hydrogen) atoms. The third kappa shape index (κ3) is 1.54. The Morgan fingerprint density at radius 3 is 2.55 bits per heavy atom. The van der Waals surface area contributed by atoms with Gasteiger partial charge < -0.3 is 20.7 Å². The zero-order chi connectivity index (χ0) is 8.43. The van der Waals surface area contributed by atoms with Crippen LogP contribution in [0.3, 0.4) is 0 Å². The van der Waals surface area contributed by atoms with Crippen LogP contribution in [-0.2, 0) is 4.74 Å². The summed E-state index contributed by atoms with van der Waals surface area (Å²) in [5.74, 6) is -0.116. The van der Waals surface area contributed by atoms with Crippen LogP contribution >= 0.6 is 0 Å². The van der Waals surface area contributed by atoms with Gasteiger partial charge in [-0.3, -0.25) is 0 Å². The first-order valence-electron chi connectivity index (χ1n) is 3.78. The highest BCUT2D eigenvalue weighted by Crippen LogP contribution is 2.26. The van der Waals surface area contributed by atoms with E-state index in [0.717, 1.165) is 0 Å². The van der Waals surface area contributed by atoms with Crippen LogP contribution in [-0.4, -0.2) is 42.2 Å². The highest BCUT2D eigenvalue weighted by Gasteiger charge is 2.40. The number of ether oxygens (including phenoxy) is 1. The van der Waals surface area contributed by atoms with Crippen LogP contribution in [0, 0.1) is 5.92 Å². The Labute approximate surface area is 66.0 Å². The molecule has 4 nitrogen and oxygen atoms in total. The molecule has 1 aliphatic carbocycles. The van der Waals surface area contributed by atoms with Gasteiger partial charge in [0.25, 0.3) is 0 Å². The number of methoxy groups -OCH3 is 1. The summed E-state index contributed by atoms with van der Waals surface area (Å²) >= 11 is 0. The zero-order valence-electron chi connectivity index (χ0n) is 6.60. The lowest BCUT2D eigenvalue weighted by molar-refractivity contribution is -0.0217. The first-order valence-corrected chi connectivity index (χ1v) is 3.78. The minimum Gasteiger partial charge on any atom is -0.396 e. The van der Waals surface area contributed by atoms with E-state index in [0.29, 0.717) is 6.42 Å². The molecule has 1 rings (SSSR count). The predicted molar refractivity (Wildman–Crippen MR) is 40.0 cm³/mol. The van der Waals surface area contributed by atoms with Crippen LogP contribution in [0.5, 0.6) is 0 Å². The molecule has 1 saturated carbocycles. The molecule has 4 atom stereocenters. The van der Waals surface area contributed by atoms with Crippen molar-refractivity contribution in [3.05, 3.63) is 0 Å². The maximum absolute atomic E-state index is 9.45. The first kappa shape index (κ1) is 8.93. The van der Waals surface area contributed by atoms with Crippen molar-refractivity contribution in [2.75, 3.05) is 13.7 Å². The fourth-order valence-corrected chi connectivity index (χ4v) is 1.64. The topological polar surface area (TPSA) is 75.7 Å². The van der Waals surface area contributed by atoms with Gasteiger partial charge in [-0.2, -0.15) is 0 Å². The van der Waals surface area contributed by atoms with E-state index in [1.54, 1.807) is 0 Å². The number of hydrogen-bond acceptors (Lipinski definition) is 4. The Morgan fingerprint density at radius 1 is 1.64 bits per heavy atom. The molecule has 4 N–H and O–H groups in total. The first-order chi connectivity index (χ1) is 5.20. The average Bonchev–Trinajstić information content (AvgIpc) is 2.26. The molecule has 4 unspecified atom stereocenters. The van der Waals surface area contributed by atoms with E-state index in [1.807, 2.05) is 0 Å². The third-order valence-electron chi connectivity index (χ3n) is 2.32. The highest BCUT2D eigenvalue weighted by molar-refractivity contribution is 4.94. The molecule has 0 bridgehead atoms. The summed E-state index contributed by atoms with van der Waals surface area (Å²) in [4.78, 5) is 0. The van der Waals surface area contributed by atoms with Crippen LogP contribution < -0.4 is 5.73 Å². The van der Waals surface area contributed by atoms with Crippen molar-refractivity contribution in [3.8, 4) is 0 Å². The SMILES string of the molecule is COC1C(N)CC(CO)C1O. The molecule has 1 fully saturated rings. The van der Waals surface area contributed by atoms with Crippen molar-refractivity contribution in [1.82, 2.24) is 0 Å². The molecule has 0 amide bonds. The van der Waals surface area contributed by atoms with Gasteiger partial charge in [0.2, 0.25) is 0 Å². The van der Waals surface area contributed by atoms with Gasteiger partial charge in [0.15, 0.2) is 0 Å². The highest BCUT2D eigenvalue weighted by atomic mass is 16.5. The van der Waals surface area contributed by atoms with Crippen LogP contribution in [0.1, 0.15) is 6.42 Å². The van der Waals surface area contributed by atoms with Gasteiger partial charge in [0, 0.05) is 25.7 Å². The van der Waals surface area contributed by atoms with E-state index in [1.165, 1.54) is 7.11 Å². The van der Waals surface area contributed by atoms with E-state index in [-0.39, 0.29) is 24.7 Å². The summed E-state index contributed by atoms with van der Waals surface area (Å²) in [5, 5.41) is 18.3. The zero-order valence-corrected chi connectivity index (χ0v) is 6.60. The Morgan fingerprint density at radius 2 is 2.27 bits per heavy atom. The lowest BCUT2D eigenvalue weighted by Gasteiger charge is -2.17. The van der Waals surface area contributed by atoms with E-state index < -0.39 is 6.10 Å². The van der Waals surface area contributed by atoms with Gasteiger partial charge in [-0.25, -0.2) is 0 Å². The quantitative estimate of drug-likeness (QED) is 0.470. The fraction of sp³-hybridized carbons (Fsp3) is 1.00. The van der Waals surface area contributed by atoms with Gasteiger partial charge in [-0.1, -0.05) is 0 Å². The standard InChI is InChI=1S/C7H15NO3/c1-11-7-5(8)2-4(3-9)6(7)10/h4-7,9-10H,2-3,8H2,1H3. The number of hydrogen-bond donors (Lipinski definition) is 3. The molecule has 0 aromatic heterocycles. The predicted octanol–water partition coefficient (Wildman–Crippen LogP) is -1.30. The second-order valence-corrected chi connectivity index (χ2v) is 3.03. The summed E-state index contributed by atoms with van der Waals surface area (Å²) < 4.78 is 4.98. The molecule has 0 heterocycles. The van der Waals surface area contributed by atoms with Gasteiger partial charge >= 0.3 is 0 Å². The Bertz CT molecular complexity index is 131. The van der Waals surface area contributed by atoms with Gasteiger partial charge in [-0.05, 0) is 6.42 Å². The normalized spacial score (nSPS) is 44.7. The number of nitrogens with two attached hydrogens (primary N) is 1. The summed E-state index contributed by atoms with van der Waals surface area (Å²) in [7, 11) is 1.52. The van der Waals surface area contributed by atoms with Crippen molar-refractivity contribution in [1.29, 1.82) is 0 Å². The van der Waals surface area contributed by atoms with Gasteiger partial charge in [0.1, 0.15) is 0 Å². The van der Waals surface area contributed by atoms with E-state index in [9.17, 15) is 5.11 Å². The molecular weight excluding hydrogens is 146 g/mol. The van der Waals surface area contributed by atoms with E-state index >= 15 is 0 Å². The second-order valence-electron chi connectivity index (χ2n) is 3.03. The lowest BCUT2D eigenvalue weighted by Crippen LogP contribution is -2.37. The van der Waals surface area contributed by atoms with Gasteiger partial charge in [0.05, 0.1) is 12.2 Å². The fourth-order valence-electron chi connectivity index (χ4n) is 1.64.